The molecule has 198 valence electrons. The van der Waals surface area contributed by atoms with Gasteiger partial charge in [0.1, 0.15) is 0 Å². The Hall–Kier alpha value is -1.23. The van der Waals surface area contributed by atoms with Gasteiger partial charge < -0.3 is 14.6 Å². The quantitative estimate of drug-likeness (QED) is 0.439. The van der Waals surface area contributed by atoms with Gasteiger partial charge in [-0.3, -0.25) is 4.98 Å². The van der Waals surface area contributed by atoms with Crippen LogP contribution in [0.4, 0.5) is 0 Å². The monoisotopic (exact) mass is 493 g/mol. The zero-order valence-electron chi connectivity index (χ0n) is 22.7. The van der Waals surface area contributed by atoms with E-state index in [0.717, 1.165) is 42.9 Å². The molecule has 2 heterocycles. The molecule has 1 aromatic heterocycles. The van der Waals surface area contributed by atoms with E-state index in [1.807, 2.05) is 24.4 Å². The molecule has 1 N–H and O–H groups in total. The summed E-state index contributed by atoms with van der Waals surface area (Å²) in [4.78, 5) is 4.48. The van der Waals surface area contributed by atoms with Crippen LogP contribution in [0.1, 0.15) is 103 Å². The van der Waals surface area contributed by atoms with Gasteiger partial charge in [0.05, 0.1) is 17.9 Å². The minimum Gasteiger partial charge on any atom is -0.387 e. The summed E-state index contributed by atoms with van der Waals surface area (Å²) in [5, 5.41) is 11.2. The first-order chi connectivity index (χ1) is 17.4. The fourth-order valence-electron chi connectivity index (χ4n) is 9.72. The third-order valence-corrected chi connectivity index (χ3v) is 11.7. The highest BCUT2D eigenvalue weighted by Crippen LogP contribution is 2.67. The number of aliphatic hydroxyl groups is 1. The summed E-state index contributed by atoms with van der Waals surface area (Å²) in [6.45, 7) is 8.30. The van der Waals surface area contributed by atoms with E-state index < -0.39 is 6.10 Å². The highest BCUT2D eigenvalue weighted by molar-refractivity contribution is 5.25. The van der Waals surface area contributed by atoms with Crippen LogP contribution in [-0.4, -0.2) is 29.1 Å². The number of ether oxygens (including phenoxy) is 2. The Morgan fingerprint density at radius 3 is 2.72 bits per heavy atom. The van der Waals surface area contributed by atoms with Gasteiger partial charge >= 0.3 is 0 Å². The molecule has 1 aliphatic heterocycles. The molecule has 4 fully saturated rings. The van der Waals surface area contributed by atoms with Gasteiger partial charge in [0.15, 0.2) is 6.29 Å². The molecule has 4 heteroatoms. The lowest BCUT2D eigenvalue weighted by Crippen LogP contribution is -2.51. The Balaban J connectivity index is 1.16. The molecule has 1 saturated heterocycles. The number of aliphatic hydroxyl groups excluding tert-OH is 1. The average Bonchev–Trinajstić information content (AvgIpc) is 3.26. The fourth-order valence-corrected chi connectivity index (χ4v) is 9.72. The van der Waals surface area contributed by atoms with E-state index in [1.54, 1.807) is 5.57 Å². The molecule has 36 heavy (non-hydrogen) atoms. The van der Waals surface area contributed by atoms with Crippen molar-refractivity contribution in [3.05, 3.63) is 41.7 Å². The Bertz CT molecular complexity index is 942. The second-order valence-corrected chi connectivity index (χ2v) is 13.3. The van der Waals surface area contributed by atoms with E-state index in [9.17, 15) is 5.11 Å². The van der Waals surface area contributed by atoms with Crippen LogP contribution < -0.4 is 0 Å². The predicted octanol–water partition coefficient (Wildman–Crippen LogP) is 7.24. The van der Waals surface area contributed by atoms with Gasteiger partial charge in [-0.15, -0.1) is 0 Å². The van der Waals surface area contributed by atoms with Crippen molar-refractivity contribution in [2.75, 3.05) is 6.61 Å². The molecule has 4 aliphatic carbocycles. The number of aromatic nitrogens is 1. The highest BCUT2D eigenvalue weighted by Gasteiger charge is 2.59. The molecule has 1 unspecified atom stereocenters. The van der Waals surface area contributed by atoms with E-state index >= 15 is 0 Å². The molecule has 0 amide bonds. The van der Waals surface area contributed by atoms with Gasteiger partial charge in [-0.2, -0.15) is 0 Å². The van der Waals surface area contributed by atoms with Crippen molar-refractivity contribution >= 4 is 0 Å². The summed E-state index contributed by atoms with van der Waals surface area (Å²) in [6, 6.07) is 5.92. The van der Waals surface area contributed by atoms with E-state index in [-0.39, 0.29) is 12.2 Å². The number of nitrogens with zero attached hydrogens (tertiary/aromatic N) is 1. The van der Waals surface area contributed by atoms with E-state index in [0.29, 0.717) is 22.9 Å². The average molecular weight is 494 g/mol. The van der Waals surface area contributed by atoms with E-state index in [1.165, 1.54) is 57.8 Å². The van der Waals surface area contributed by atoms with Gasteiger partial charge in [0.2, 0.25) is 0 Å². The van der Waals surface area contributed by atoms with Crippen molar-refractivity contribution in [1.82, 2.24) is 4.98 Å². The van der Waals surface area contributed by atoms with Crippen LogP contribution in [0, 0.1) is 40.4 Å². The van der Waals surface area contributed by atoms with Gasteiger partial charge in [-0.1, -0.05) is 38.5 Å². The molecule has 10 atom stereocenters. The Kier molecular flexibility index (Phi) is 6.84. The van der Waals surface area contributed by atoms with Crippen molar-refractivity contribution in [2.45, 2.75) is 110 Å². The third kappa shape index (κ3) is 4.20. The Morgan fingerprint density at radius 1 is 1.06 bits per heavy atom. The number of allylic oxidation sites excluding steroid dienone is 1. The normalized spacial score (nSPS) is 44.1. The summed E-state index contributed by atoms with van der Waals surface area (Å²) >= 11 is 0. The minimum atomic E-state index is -0.469. The molecule has 0 bridgehead atoms. The second kappa shape index (κ2) is 9.82. The van der Waals surface area contributed by atoms with Crippen molar-refractivity contribution in [3.8, 4) is 0 Å². The SMILES string of the molecule is C[C@H]([C@H](O)c1ccccn1)[C@H]1CC[C@H]2[C@@H]3CC=C4C[C@@H](OC5CCCCO5)CC[C@]4(C)[C@H]3CC[C@]12C. The van der Waals surface area contributed by atoms with E-state index in [2.05, 4.69) is 31.8 Å². The maximum atomic E-state index is 11.2. The molecular formula is C32H47NO3. The number of pyridine rings is 1. The first-order valence-corrected chi connectivity index (χ1v) is 15.0. The molecule has 3 saturated carbocycles. The van der Waals surface area contributed by atoms with Crippen molar-refractivity contribution in [3.63, 3.8) is 0 Å². The summed E-state index contributed by atoms with van der Waals surface area (Å²) in [6.07, 6.45) is 17.8. The number of hydrogen-bond acceptors (Lipinski definition) is 4. The number of rotatable bonds is 5. The van der Waals surface area contributed by atoms with Crippen LogP contribution in [0.5, 0.6) is 0 Å². The largest absolute Gasteiger partial charge is 0.387 e. The maximum absolute atomic E-state index is 11.2. The van der Waals surface area contributed by atoms with Crippen LogP contribution in [0.15, 0.2) is 36.0 Å². The lowest BCUT2D eigenvalue weighted by Gasteiger charge is -2.58. The number of fused-ring (bicyclic) bond motifs is 5. The van der Waals surface area contributed by atoms with Gasteiger partial charge in [-0.25, -0.2) is 0 Å². The van der Waals surface area contributed by atoms with Crippen molar-refractivity contribution in [2.24, 2.45) is 40.4 Å². The fraction of sp³-hybridized carbons (Fsp3) is 0.781. The zero-order chi connectivity index (χ0) is 24.9. The molecule has 1 aromatic rings. The zero-order valence-corrected chi connectivity index (χ0v) is 22.7. The molecule has 5 aliphatic rings. The summed E-state index contributed by atoms with van der Waals surface area (Å²) < 4.78 is 12.4. The Morgan fingerprint density at radius 2 is 1.94 bits per heavy atom. The predicted molar refractivity (Wildman–Crippen MR) is 142 cm³/mol. The Labute approximate surface area is 218 Å². The lowest BCUT2D eigenvalue weighted by molar-refractivity contribution is -0.195. The molecule has 6 rings (SSSR count). The summed E-state index contributed by atoms with van der Waals surface area (Å²) in [5.74, 6) is 3.18. The minimum absolute atomic E-state index is 0.0271. The smallest absolute Gasteiger partial charge is 0.157 e. The molecular weight excluding hydrogens is 446 g/mol. The summed E-state index contributed by atoms with van der Waals surface area (Å²) in [5.41, 5.74) is 3.19. The van der Waals surface area contributed by atoms with Crippen LogP contribution in [-0.2, 0) is 9.47 Å². The third-order valence-electron chi connectivity index (χ3n) is 11.7. The van der Waals surface area contributed by atoms with Crippen LogP contribution in [0.25, 0.3) is 0 Å². The maximum Gasteiger partial charge on any atom is 0.157 e. The molecule has 0 spiro atoms. The van der Waals surface area contributed by atoms with Gasteiger partial charge in [0.25, 0.3) is 0 Å². The van der Waals surface area contributed by atoms with Gasteiger partial charge in [-0.05, 0) is 123 Å². The topological polar surface area (TPSA) is 51.6 Å². The molecule has 4 nitrogen and oxygen atoms in total. The van der Waals surface area contributed by atoms with Crippen LogP contribution in [0.3, 0.4) is 0 Å². The first kappa shape index (κ1) is 25.1. The number of hydrogen-bond donors (Lipinski definition) is 1. The standard InChI is InChI=1S/C32H47NO3/c1-21(30(34)28-8-4-6-18-33-28)25-12-13-26-24-11-10-22-20-23(36-29-9-5-7-19-35-29)14-16-31(22,2)27(24)15-17-32(25,26)3/h4,6,8,10,18,21,23-27,29-30,34H,5,7,9,11-17,19-20H2,1-3H3/t21-,23-,24-,25+,26-,27-,29?,30-,31-,32+/m0/s1. The van der Waals surface area contributed by atoms with Crippen LogP contribution >= 0.6 is 0 Å². The first-order valence-electron chi connectivity index (χ1n) is 15.0. The summed E-state index contributed by atoms with van der Waals surface area (Å²) in [7, 11) is 0. The highest BCUT2D eigenvalue weighted by atomic mass is 16.7. The lowest BCUT2D eigenvalue weighted by atomic mass is 9.47. The molecule has 0 radical (unpaired) electrons. The van der Waals surface area contributed by atoms with E-state index in [4.69, 9.17) is 9.47 Å². The van der Waals surface area contributed by atoms with Crippen molar-refractivity contribution < 1.29 is 14.6 Å². The van der Waals surface area contributed by atoms with Crippen LogP contribution in [0.2, 0.25) is 0 Å². The second-order valence-electron chi connectivity index (χ2n) is 13.3. The van der Waals surface area contributed by atoms with Crippen molar-refractivity contribution in [1.29, 1.82) is 0 Å². The van der Waals surface area contributed by atoms with Gasteiger partial charge in [0, 0.05) is 12.8 Å². The molecule has 0 aromatic carbocycles.